The second-order valence-corrected chi connectivity index (χ2v) is 6.67. The molecule has 27 heavy (non-hydrogen) atoms. The molecule has 2 aromatic carbocycles. The molecule has 0 radical (unpaired) electrons. The van der Waals surface area contributed by atoms with Crippen LogP contribution in [0, 0.1) is 0 Å². The minimum absolute atomic E-state index is 0.177. The Morgan fingerprint density at radius 2 is 2.04 bits per heavy atom. The molecule has 0 spiro atoms. The monoisotopic (exact) mass is 407 g/mol. The number of nitrogens with zero attached hydrogens (tertiary/aromatic N) is 1. The molecule has 7 nitrogen and oxygen atoms in total. The molecule has 0 unspecified atom stereocenters. The molecule has 1 atom stereocenters. The van der Waals surface area contributed by atoms with Crippen molar-refractivity contribution >= 4 is 46.6 Å². The fourth-order valence-corrected chi connectivity index (χ4v) is 3.31. The number of para-hydroxylation sites is 1. The molecule has 3 N–H and O–H groups in total. The number of methoxy groups -OCH3 is 1. The Balaban J connectivity index is 2.04. The number of hydrogen-bond donors (Lipinski definition) is 3. The first-order chi connectivity index (χ1) is 12.8. The van der Waals surface area contributed by atoms with Crippen molar-refractivity contribution in [3.8, 4) is 0 Å². The number of halogens is 2. The molecule has 2 amide bonds. The van der Waals surface area contributed by atoms with E-state index in [4.69, 9.17) is 23.2 Å². The third-order valence-electron chi connectivity index (χ3n) is 4.13. The Kier molecular flexibility index (Phi) is 5.36. The first-order valence-electron chi connectivity index (χ1n) is 7.84. The second kappa shape index (κ2) is 7.56. The van der Waals surface area contributed by atoms with Crippen LogP contribution in [0.3, 0.4) is 0 Å². The van der Waals surface area contributed by atoms with E-state index in [1.54, 1.807) is 36.4 Å². The van der Waals surface area contributed by atoms with Crippen LogP contribution < -0.4 is 10.7 Å². The van der Waals surface area contributed by atoms with E-state index in [2.05, 4.69) is 20.6 Å². The van der Waals surface area contributed by atoms with E-state index in [1.165, 1.54) is 13.2 Å². The van der Waals surface area contributed by atoms with Crippen LogP contribution in [0.5, 0.6) is 0 Å². The van der Waals surface area contributed by atoms with Gasteiger partial charge in [0.2, 0.25) is 0 Å². The number of rotatable bonds is 4. The van der Waals surface area contributed by atoms with Crippen LogP contribution in [-0.4, -0.2) is 29.9 Å². The maximum Gasteiger partial charge on any atom is 0.427 e. The van der Waals surface area contributed by atoms with Gasteiger partial charge in [0.1, 0.15) is 0 Å². The molecule has 0 fully saturated rings. The Hall–Kier alpha value is -2.61. The van der Waals surface area contributed by atoms with E-state index in [0.29, 0.717) is 21.8 Å². The lowest BCUT2D eigenvalue weighted by atomic mass is 9.87. The Labute approximate surface area is 164 Å². The highest BCUT2D eigenvalue weighted by molar-refractivity contribution is 6.37. The lowest BCUT2D eigenvalue weighted by Gasteiger charge is -2.22. The van der Waals surface area contributed by atoms with E-state index in [1.807, 2.05) is 0 Å². The first-order valence-corrected chi connectivity index (χ1v) is 8.60. The number of amides is 2. The SMILES string of the molecule is COC(=O)N/N=C(\C[C@]1(O)C(=O)Nc2ccccc21)c1ccc(Cl)cc1Cl. The summed E-state index contributed by atoms with van der Waals surface area (Å²) in [5.41, 5.74) is 1.81. The van der Waals surface area contributed by atoms with Crippen LogP contribution in [0.15, 0.2) is 47.6 Å². The summed E-state index contributed by atoms with van der Waals surface area (Å²) in [7, 11) is 1.19. The summed E-state index contributed by atoms with van der Waals surface area (Å²) >= 11 is 12.2. The number of benzene rings is 2. The van der Waals surface area contributed by atoms with Crippen molar-refractivity contribution in [3.63, 3.8) is 0 Å². The minimum Gasteiger partial charge on any atom is -0.452 e. The smallest absolute Gasteiger partial charge is 0.427 e. The fraction of sp³-hybridized carbons (Fsp3) is 0.167. The Bertz CT molecular complexity index is 948. The molecule has 1 aliphatic heterocycles. The van der Waals surface area contributed by atoms with E-state index < -0.39 is 17.6 Å². The molecule has 0 saturated heterocycles. The van der Waals surface area contributed by atoms with E-state index >= 15 is 0 Å². The quantitative estimate of drug-likeness (QED) is 0.534. The minimum atomic E-state index is -1.88. The van der Waals surface area contributed by atoms with Crippen LogP contribution in [0.25, 0.3) is 0 Å². The summed E-state index contributed by atoms with van der Waals surface area (Å²) in [5, 5.41) is 18.4. The third kappa shape index (κ3) is 3.75. The van der Waals surface area contributed by atoms with Gasteiger partial charge in [-0.1, -0.05) is 47.5 Å². The van der Waals surface area contributed by atoms with Gasteiger partial charge in [-0.3, -0.25) is 4.79 Å². The number of hydrazone groups is 1. The van der Waals surface area contributed by atoms with Gasteiger partial charge in [0, 0.05) is 28.3 Å². The van der Waals surface area contributed by atoms with Gasteiger partial charge in [-0.25, -0.2) is 10.2 Å². The number of aliphatic hydroxyl groups is 1. The van der Waals surface area contributed by atoms with Gasteiger partial charge in [0.25, 0.3) is 5.91 Å². The van der Waals surface area contributed by atoms with Gasteiger partial charge in [-0.15, -0.1) is 0 Å². The number of hydrogen-bond acceptors (Lipinski definition) is 5. The van der Waals surface area contributed by atoms with Crippen molar-refractivity contribution in [2.75, 3.05) is 12.4 Å². The second-order valence-electron chi connectivity index (χ2n) is 5.82. The molecule has 3 rings (SSSR count). The highest BCUT2D eigenvalue weighted by Gasteiger charge is 2.46. The van der Waals surface area contributed by atoms with Gasteiger partial charge >= 0.3 is 6.09 Å². The zero-order chi connectivity index (χ0) is 19.6. The molecule has 0 saturated carbocycles. The van der Waals surface area contributed by atoms with Gasteiger partial charge in [0.05, 0.1) is 17.8 Å². The van der Waals surface area contributed by atoms with Crippen LogP contribution in [0.1, 0.15) is 17.5 Å². The van der Waals surface area contributed by atoms with E-state index in [0.717, 1.165) is 0 Å². The largest absolute Gasteiger partial charge is 0.452 e. The molecule has 0 aromatic heterocycles. The van der Waals surface area contributed by atoms with Crippen molar-refractivity contribution in [2.45, 2.75) is 12.0 Å². The predicted octanol–water partition coefficient (Wildman–Crippen LogP) is 3.28. The topological polar surface area (TPSA) is 100 Å². The zero-order valence-electron chi connectivity index (χ0n) is 14.1. The van der Waals surface area contributed by atoms with Gasteiger partial charge in [-0.05, 0) is 18.2 Å². The first kappa shape index (κ1) is 19.2. The van der Waals surface area contributed by atoms with Gasteiger partial charge in [-0.2, -0.15) is 5.10 Å². The predicted molar refractivity (Wildman–Crippen MR) is 102 cm³/mol. The van der Waals surface area contributed by atoms with E-state index in [-0.39, 0.29) is 17.2 Å². The molecule has 2 aromatic rings. The van der Waals surface area contributed by atoms with Crippen LogP contribution in [0.4, 0.5) is 10.5 Å². The molecular weight excluding hydrogens is 393 g/mol. The van der Waals surface area contributed by atoms with Crippen molar-refractivity contribution in [2.24, 2.45) is 5.10 Å². The molecule has 9 heteroatoms. The average molecular weight is 408 g/mol. The number of anilines is 1. The number of fused-ring (bicyclic) bond motifs is 1. The molecule has 0 aliphatic carbocycles. The summed E-state index contributed by atoms with van der Waals surface area (Å²) in [5.74, 6) is -0.598. The lowest BCUT2D eigenvalue weighted by Crippen LogP contribution is -2.37. The Morgan fingerprint density at radius 1 is 1.30 bits per heavy atom. The number of ether oxygens (including phenoxy) is 1. The molecule has 1 aliphatic rings. The third-order valence-corrected chi connectivity index (χ3v) is 4.68. The fourth-order valence-electron chi connectivity index (χ4n) is 2.80. The highest BCUT2D eigenvalue weighted by atomic mass is 35.5. The average Bonchev–Trinajstić information content (AvgIpc) is 2.89. The van der Waals surface area contributed by atoms with Crippen LogP contribution >= 0.6 is 23.2 Å². The summed E-state index contributed by atoms with van der Waals surface area (Å²) < 4.78 is 4.51. The highest BCUT2D eigenvalue weighted by Crippen LogP contribution is 2.39. The number of carbonyl (C=O) groups excluding carboxylic acids is 2. The Morgan fingerprint density at radius 3 is 2.74 bits per heavy atom. The summed E-state index contributed by atoms with van der Waals surface area (Å²) in [4.78, 5) is 23.9. The van der Waals surface area contributed by atoms with E-state index in [9.17, 15) is 14.7 Å². The zero-order valence-corrected chi connectivity index (χ0v) is 15.6. The normalized spacial score (nSPS) is 18.7. The van der Waals surface area contributed by atoms with Crippen molar-refractivity contribution < 1.29 is 19.4 Å². The van der Waals surface area contributed by atoms with Crippen LogP contribution in [0.2, 0.25) is 10.0 Å². The van der Waals surface area contributed by atoms with Gasteiger partial charge < -0.3 is 15.2 Å². The maximum atomic E-state index is 12.5. The van der Waals surface area contributed by atoms with Crippen molar-refractivity contribution in [1.82, 2.24) is 5.43 Å². The van der Waals surface area contributed by atoms with Crippen LogP contribution in [-0.2, 0) is 15.1 Å². The van der Waals surface area contributed by atoms with Crippen molar-refractivity contribution in [1.29, 1.82) is 0 Å². The van der Waals surface area contributed by atoms with Crippen molar-refractivity contribution in [3.05, 3.63) is 63.6 Å². The summed E-state index contributed by atoms with van der Waals surface area (Å²) in [6.07, 6.45) is -1.04. The lowest BCUT2D eigenvalue weighted by molar-refractivity contribution is -0.132. The molecule has 0 bridgehead atoms. The standard InChI is InChI=1S/C18H15Cl2N3O4/c1-27-17(25)23-22-15(11-7-6-10(19)8-13(11)20)9-18(26)12-4-2-3-5-14(12)21-16(18)24/h2-8,26H,9H2,1H3,(H,21,24)(H,23,25)/b22-15+/t18-/m1/s1. The molecule has 1 heterocycles. The number of nitrogens with one attached hydrogen (secondary N) is 2. The number of carbonyl (C=O) groups is 2. The van der Waals surface area contributed by atoms with Gasteiger partial charge in [0.15, 0.2) is 5.60 Å². The molecular formula is C18H15Cl2N3O4. The molecule has 140 valence electrons. The summed E-state index contributed by atoms with van der Waals surface area (Å²) in [6.45, 7) is 0. The maximum absolute atomic E-state index is 12.5. The summed E-state index contributed by atoms with van der Waals surface area (Å²) in [6, 6.07) is 11.5.